The molecule has 2 N–H and O–H groups in total. The normalized spacial score (nSPS) is 11.3. The Morgan fingerprint density at radius 3 is 2.96 bits per heavy atom. The Bertz CT molecular complexity index is 1220. The number of primary amides is 1. The summed E-state index contributed by atoms with van der Waals surface area (Å²) < 4.78 is 9.02. The summed E-state index contributed by atoms with van der Waals surface area (Å²) in [5.74, 6) is 0.322. The second-order valence-corrected chi connectivity index (χ2v) is 7.09. The number of nitrogens with zero attached hydrogens (tertiary/aromatic N) is 4. The molecule has 8 nitrogen and oxygen atoms in total. The molecule has 0 aliphatic rings. The number of aryl methyl sites for hydroxylation is 2. The fraction of sp³-hybridized carbons (Fsp3) is 0.176. The molecule has 0 aliphatic heterocycles. The average molecular weight is 369 g/mol. The lowest BCUT2D eigenvalue weighted by Crippen LogP contribution is -2.24. The molecular weight excluding hydrogens is 354 g/mol. The molecule has 0 bridgehead atoms. The fourth-order valence-electron chi connectivity index (χ4n) is 3.00. The van der Waals surface area contributed by atoms with E-state index in [1.54, 1.807) is 40.3 Å². The number of thiazole rings is 1. The summed E-state index contributed by atoms with van der Waals surface area (Å²) >= 11 is 1.55. The molecule has 3 aromatic heterocycles. The van der Waals surface area contributed by atoms with E-state index in [1.165, 1.54) is 4.68 Å². The predicted molar refractivity (Wildman–Crippen MR) is 98.6 cm³/mol. The maximum Gasteiger partial charge on any atom is 0.409 e. The Morgan fingerprint density at radius 2 is 2.19 bits per heavy atom. The lowest BCUT2D eigenvalue weighted by atomic mass is 10.2. The third-order valence-corrected chi connectivity index (χ3v) is 5.07. The zero-order valence-corrected chi connectivity index (χ0v) is 14.9. The van der Waals surface area contributed by atoms with E-state index < -0.39 is 6.09 Å². The van der Waals surface area contributed by atoms with Crippen molar-refractivity contribution in [1.82, 2.24) is 19.3 Å². The summed E-state index contributed by atoms with van der Waals surface area (Å²) in [6.07, 6.45) is 0.811. The molecule has 0 fully saturated rings. The van der Waals surface area contributed by atoms with Crippen LogP contribution in [0.1, 0.15) is 10.6 Å². The number of nitrogens with two attached hydrogens (primary N) is 1. The van der Waals surface area contributed by atoms with Crippen molar-refractivity contribution in [2.24, 2.45) is 12.8 Å². The highest BCUT2D eigenvalue weighted by atomic mass is 32.1. The number of hydrogen-bond donors (Lipinski definition) is 1. The number of aromatic nitrogens is 4. The van der Waals surface area contributed by atoms with Gasteiger partial charge in [-0.05, 0) is 24.6 Å². The number of carbonyl (C=O) groups excluding carboxylic acids is 1. The molecule has 1 aromatic carbocycles. The van der Waals surface area contributed by atoms with Gasteiger partial charge in [0.2, 0.25) is 0 Å². The molecular formula is C17H15N5O3S. The van der Waals surface area contributed by atoms with Crippen LogP contribution < -0.4 is 16.0 Å². The quantitative estimate of drug-likeness (QED) is 0.596. The second-order valence-electron chi connectivity index (χ2n) is 5.88. The standard InChI is InChI=1S/C17H15N5O3S/c1-9-20-15-14(26-9)12-7-19-22(16(23)13(12)21(15)2)8-10-4-3-5-11(6-10)25-17(18)24/h3-7H,8H2,1-2H3,(H2,18,24). The van der Waals surface area contributed by atoms with Crippen molar-refractivity contribution in [1.29, 1.82) is 0 Å². The van der Waals surface area contributed by atoms with Gasteiger partial charge in [-0.2, -0.15) is 5.10 Å². The van der Waals surface area contributed by atoms with Crippen LogP contribution >= 0.6 is 11.3 Å². The third-order valence-electron chi connectivity index (χ3n) is 4.08. The van der Waals surface area contributed by atoms with Gasteiger partial charge in [0.25, 0.3) is 5.56 Å². The Balaban J connectivity index is 1.78. The second kappa shape index (κ2) is 5.95. The number of ether oxygens (including phenoxy) is 1. The van der Waals surface area contributed by atoms with Crippen molar-refractivity contribution < 1.29 is 9.53 Å². The molecule has 4 rings (SSSR count). The molecule has 0 spiro atoms. The Kier molecular flexibility index (Phi) is 3.73. The molecule has 0 radical (unpaired) electrons. The minimum Gasteiger partial charge on any atom is -0.410 e. The van der Waals surface area contributed by atoms with Crippen LogP contribution in [0.15, 0.2) is 35.3 Å². The molecule has 132 valence electrons. The lowest BCUT2D eigenvalue weighted by molar-refractivity contribution is 0.211. The zero-order chi connectivity index (χ0) is 18.4. The van der Waals surface area contributed by atoms with Gasteiger partial charge >= 0.3 is 6.09 Å². The van der Waals surface area contributed by atoms with Crippen molar-refractivity contribution in [2.75, 3.05) is 0 Å². The van der Waals surface area contributed by atoms with Crippen molar-refractivity contribution >= 4 is 38.7 Å². The first-order valence-electron chi connectivity index (χ1n) is 7.82. The van der Waals surface area contributed by atoms with Crippen molar-refractivity contribution in [3.8, 4) is 5.75 Å². The largest absolute Gasteiger partial charge is 0.410 e. The summed E-state index contributed by atoms with van der Waals surface area (Å²) in [5.41, 5.74) is 6.95. The number of amides is 1. The van der Waals surface area contributed by atoms with Gasteiger partial charge in [0.15, 0.2) is 5.65 Å². The van der Waals surface area contributed by atoms with E-state index >= 15 is 0 Å². The molecule has 9 heteroatoms. The molecule has 0 atom stereocenters. The van der Waals surface area contributed by atoms with Gasteiger partial charge < -0.3 is 15.0 Å². The van der Waals surface area contributed by atoms with E-state index in [4.69, 9.17) is 10.5 Å². The number of benzene rings is 1. The Morgan fingerprint density at radius 1 is 1.38 bits per heavy atom. The molecule has 3 heterocycles. The van der Waals surface area contributed by atoms with Gasteiger partial charge in [0.05, 0.1) is 22.4 Å². The zero-order valence-electron chi connectivity index (χ0n) is 14.1. The van der Waals surface area contributed by atoms with Crippen LogP contribution in [-0.4, -0.2) is 25.4 Å². The van der Waals surface area contributed by atoms with Crippen molar-refractivity contribution in [3.05, 3.63) is 51.4 Å². The highest BCUT2D eigenvalue weighted by molar-refractivity contribution is 7.19. The summed E-state index contributed by atoms with van der Waals surface area (Å²) in [6.45, 7) is 2.18. The van der Waals surface area contributed by atoms with Gasteiger partial charge in [-0.25, -0.2) is 14.5 Å². The number of hydrogen-bond acceptors (Lipinski definition) is 6. The Labute approximate surface area is 151 Å². The molecule has 0 saturated heterocycles. The van der Waals surface area contributed by atoms with Gasteiger partial charge in [0, 0.05) is 12.4 Å². The van der Waals surface area contributed by atoms with Crippen molar-refractivity contribution in [2.45, 2.75) is 13.5 Å². The van der Waals surface area contributed by atoms with Gasteiger partial charge in [-0.15, -0.1) is 11.3 Å². The topological polar surface area (TPSA) is 105 Å². The Hall–Kier alpha value is -3.20. The highest BCUT2D eigenvalue weighted by Gasteiger charge is 2.17. The molecule has 26 heavy (non-hydrogen) atoms. The summed E-state index contributed by atoms with van der Waals surface area (Å²) in [7, 11) is 1.83. The maximum absolute atomic E-state index is 12.9. The van der Waals surface area contributed by atoms with Crippen LogP contribution in [0.5, 0.6) is 5.75 Å². The van der Waals surface area contributed by atoms with Crippen LogP contribution in [0.4, 0.5) is 4.79 Å². The smallest absolute Gasteiger partial charge is 0.409 e. The minimum absolute atomic E-state index is 0.200. The first-order valence-corrected chi connectivity index (χ1v) is 8.63. The number of rotatable bonds is 3. The molecule has 0 unspecified atom stereocenters. The van der Waals surface area contributed by atoms with Gasteiger partial charge in [0.1, 0.15) is 11.3 Å². The molecule has 1 amide bonds. The summed E-state index contributed by atoms with van der Waals surface area (Å²) in [6, 6.07) is 6.81. The van der Waals surface area contributed by atoms with Gasteiger partial charge in [-0.1, -0.05) is 12.1 Å². The summed E-state index contributed by atoms with van der Waals surface area (Å²) in [5, 5.41) is 6.06. The van der Waals surface area contributed by atoms with E-state index in [-0.39, 0.29) is 12.1 Å². The van der Waals surface area contributed by atoms with Crippen molar-refractivity contribution in [3.63, 3.8) is 0 Å². The van der Waals surface area contributed by atoms with E-state index in [0.717, 1.165) is 26.3 Å². The molecule has 4 aromatic rings. The summed E-state index contributed by atoms with van der Waals surface area (Å²) in [4.78, 5) is 28.3. The number of carbonyl (C=O) groups is 1. The lowest BCUT2D eigenvalue weighted by Gasteiger charge is -2.07. The first kappa shape index (κ1) is 16.3. The fourth-order valence-corrected chi connectivity index (χ4v) is 3.96. The predicted octanol–water partition coefficient (Wildman–Crippen LogP) is 2.16. The van der Waals surface area contributed by atoms with Crippen LogP contribution in [0.2, 0.25) is 0 Å². The van der Waals surface area contributed by atoms with Crippen LogP contribution in [0.25, 0.3) is 21.3 Å². The highest BCUT2D eigenvalue weighted by Crippen LogP contribution is 2.30. The van der Waals surface area contributed by atoms with E-state index in [0.29, 0.717) is 11.3 Å². The monoisotopic (exact) mass is 369 g/mol. The first-order chi connectivity index (χ1) is 12.4. The van der Waals surface area contributed by atoms with Gasteiger partial charge in [-0.3, -0.25) is 4.79 Å². The van der Waals surface area contributed by atoms with E-state index in [9.17, 15) is 9.59 Å². The minimum atomic E-state index is -0.884. The third kappa shape index (κ3) is 2.62. The van der Waals surface area contributed by atoms with Crippen LogP contribution in [0.3, 0.4) is 0 Å². The molecule has 0 aliphatic carbocycles. The van der Waals surface area contributed by atoms with Crippen LogP contribution in [-0.2, 0) is 13.6 Å². The molecule has 0 saturated carbocycles. The SMILES string of the molecule is Cc1nc2c(s1)c1cnn(Cc3cccc(OC(N)=O)c3)c(=O)c1n2C. The number of fused-ring (bicyclic) bond motifs is 3. The average Bonchev–Trinajstić information content (AvgIpc) is 3.07. The van der Waals surface area contributed by atoms with E-state index in [2.05, 4.69) is 10.1 Å². The van der Waals surface area contributed by atoms with Crippen LogP contribution in [0, 0.1) is 6.92 Å². The maximum atomic E-state index is 12.9. The van der Waals surface area contributed by atoms with E-state index in [1.807, 2.05) is 20.0 Å².